The van der Waals surface area contributed by atoms with Crippen molar-refractivity contribution in [1.29, 1.82) is 0 Å². The van der Waals surface area contributed by atoms with Crippen molar-refractivity contribution in [3.05, 3.63) is 42.2 Å². The molecule has 2 N–H and O–H groups in total. The average molecular weight is 258 g/mol. The summed E-state index contributed by atoms with van der Waals surface area (Å²) >= 11 is 0. The van der Waals surface area contributed by atoms with E-state index in [0.29, 0.717) is 12.5 Å². The summed E-state index contributed by atoms with van der Waals surface area (Å²) in [6, 6.07) is 8.43. The molecular weight excluding hydrogens is 236 g/mol. The maximum atomic E-state index is 10.7. The minimum Gasteiger partial charge on any atom is -0.385 e. The maximum absolute atomic E-state index is 10.7. The van der Waals surface area contributed by atoms with Crippen LogP contribution in [0.3, 0.4) is 0 Å². The van der Waals surface area contributed by atoms with E-state index in [4.69, 9.17) is 0 Å². The summed E-state index contributed by atoms with van der Waals surface area (Å²) in [5, 5.41) is 16.2. The van der Waals surface area contributed by atoms with E-state index in [1.54, 1.807) is 6.20 Å². The fourth-order valence-electron chi connectivity index (χ4n) is 2.32. The van der Waals surface area contributed by atoms with Gasteiger partial charge < -0.3 is 10.4 Å². The number of nitrogens with zero attached hydrogens (tertiary/aromatic N) is 1. The molecule has 1 aromatic carbocycles. The third-order valence-electron chi connectivity index (χ3n) is 3.43. The molecule has 0 bridgehead atoms. The van der Waals surface area contributed by atoms with E-state index in [9.17, 15) is 5.11 Å². The highest BCUT2D eigenvalue weighted by molar-refractivity contribution is 5.85. The summed E-state index contributed by atoms with van der Waals surface area (Å²) in [5.41, 5.74) is 0.105. The molecule has 19 heavy (non-hydrogen) atoms. The predicted octanol–water partition coefficient (Wildman–Crippen LogP) is 2.83. The molecule has 3 heteroatoms. The molecule has 0 radical (unpaired) electrons. The molecule has 0 saturated heterocycles. The average Bonchev–Trinajstić information content (AvgIpc) is 2.37. The van der Waals surface area contributed by atoms with Gasteiger partial charge in [-0.2, -0.15) is 0 Å². The van der Waals surface area contributed by atoms with Gasteiger partial charge >= 0.3 is 0 Å². The van der Waals surface area contributed by atoms with Crippen molar-refractivity contribution in [1.82, 2.24) is 10.3 Å². The van der Waals surface area contributed by atoms with Gasteiger partial charge in [0.2, 0.25) is 0 Å². The van der Waals surface area contributed by atoms with Crippen LogP contribution in [-0.4, -0.2) is 22.7 Å². The molecule has 2 aromatic rings. The van der Waals surface area contributed by atoms with Crippen LogP contribution in [0, 0.1) is 0 Å². The lowest BCUT2D eigenvalue weighted by atomic mass is 9.89. The van der Waals surface area contributed by atoms with Crippen LogP contribution in [0.25, 0.3) is 10.8 Å². The van der Waals surface area contributed by atoms with Gasteiger partial charge in [0, 0.05) is 23.8 Å². The number of aromatic nitrogens is 1. The Bertz CT molecular complexity index is 544. The third kappa shape index (κ3) is 3.31. The molecule has 1 unspecified atom stereocenters. The van der Waals surface area contributed by atoms with Gasteiger partial charge in [-0.15, -0.1) is 0 Å². The second-order valence-electron chi connectivity index (χ2n) is 5.54. The van der Waals surface area contributed by atoms with Crippen LogP contribution >= 0.6 is 0 Å². The summed E-state index contributed by atoms with van der Waals surface area (Å²) in [7, 11) is 0. The Hall–Kier alpha value is -1.45. The topological polar surface area (TPSA) is 45.1 Å². The monoisotopic (exact) mass is 258 g/mol. The number of aliphatic hydroxyl groups is 1. The highest BCUT2D eigenvalue weighted by Gasteiger charge is 2.24. The van der Waals surface area contributed by atoms with Crippen LogP contribution in [0.15, 0.2) is 36.7 Å². The molecule has 0 aliphatic rings. The SMILES string of the molecule is CC(C)NCCC(C)(O)c1cccc2ccncc12. The van der Waals surface area contributed by atoms with Gasteiger partial charge in [0.1, 0.15) is 0 Å². The lowest BCUT2D eigenvalue weighted by molar-refractivity contribution is 0.0490. The fraction of sp³-hybridized carbons (Fsp3) is 0.438. The van der Waals surface area contributed by atoms with Crippen molar-refractivity contribution < 1.29 is 5.11 Å². The Kier molecular flexibility index (Phi) is 4.17. The molecule has 3 nitrogen and oxygen atoms in total. The standard InChI is InChI=1S/C16H22N2O/c1-12(2)18-10-8-16(3,19)15-6-4-5-13-7-9-17-11-14(13)15/h4-7,9,11-12,18-19H,8,10H2,1-3H3. The normalized spacial score (nSPS) is 14.8. The van der Waals surface area contributed by atoms with Gasteiger partial charge in [-0.3, -0.25) is 4.98 Å². The maximum Gasteiger partial charge on any atom is 0.0887 e. The van der Waals surface area contributed by atoms with E-state index in [1.165, 1.54) is 0 Å². The van der Waals surface area contributed by atoms with Crippen LogP contribution in [-0.2, 0) is 5.60 Å². The number of hydrogen-bond donors (Lipinski definition) is 2. The minimum absolute atomic E-state index is 0.435. The molecule has 1 atom stereocenters. The number of pyridine rings is 1. The van der Waals surface area contributed by atoms with E-state index in [-0.39, 0.29) is 0 Å². The molecule has 0 aliphatic carbocycles. The number of nitrogens with one attached hydrogen (secondary N) is 1. The molecule has 0 amide bonds. The molecule has 2 rings (SSSR count). The van der Waals surface area contributed by atoms with Crippen LogP contribution in [0.2, 0.25) is 0 Å². The van der Waals surface area contributed by atoms with E-state index < -0.39 is 5.60 Å². The smallest absolute Gasteiger partial charge is 0.0887 e. The van der Waals surface area contributed by atoms with Crippen LogP contribution in [0.4, 0.5) is 0 Å². The van der Waals surface area contributed by atoms with Crippen molar-refractivity contribution in [3.8, 4) is 0 Å². The van der Waals surface area contributed by atoms with Gasteiger partial charge in [0.15, 0.2) is 0 Å². The predicted molar refractivity (Wildman–Crippen MR) is 79.1 cm³/mol. The van der Waals surface area contributed by atoms with Gasteiger partial charge in [-0.25, -0.2) is 0 Å². The van der Waals surface area contributed by atoms with Crippen molar-refractivity contribution in [2.75, 3.05) is 6.54 Å². The van der Waals surface area contributed by atoms with Gasteiger partial charge in [-0.05, 0) is 36.9 Å². The lowest BCUT2D eigenvalue weighted by Gasteiger charge is -2.26. The zero-order valence-corrected chi connectivity index (χ0v) is 11.9. The molecule has 1 aromatic heterocycles. The third-order valence-corrected chi connectivity index (χ3v) is 3.43. The Balaban J connectivity index is 2.27. The second kappa shape index (κ2) is 5.68. The molecule has 0 aliphatic heterocycles. The summed E-state index contributed by atoms with van der Waals surface area (Å²) in [5.74, 6) is 0. The van der Waals surface area contributed by atoms with Gasteiger partial charge in [-0.1, -0.05) is 32.0 Å². The largest absolute Gasteiger partial charge is 0.385 e. The summed E-state index contributed by atoms with van der Waals surface area (Å²) < 4.78 is 0. The molecular formula is C16H22N2O. The zero-order valence-electron chi connectivity index (χ0n) is 11.9. The second-order valence-corrected chi connectivity index (χ2v) is 5.54. The van der Waals surface area contributed by atoms with Crippen molar-refractivity contribution >= 4 is 10.8 Å². The number of hydrogen-bond acceptors (Lipinski definition) is 3. The summed E-state index contributed by atoms with van der Waals surface area (Å²) in [6.07, 6.45) is 4.29. The Morgan fingerprint density at radius 1 is 1.32 bits per heavy atom. The Labute approximate surface area is 114 Å². The first-order valence-electron chi connectivity index (χ1n) is 6.80. The van der Waals surface area contributed by atoms with Crippen LogP contribution in [0.1, 0.15) is 32.8 Å². The van der Waals surface area contributed by atoms with Crippen molar-refractivity contribution in [3.63, 3.8) is 0 Å². The highest BCUT2D eigenvalue weighted by Crippen LogP contribution is 2.30. The summed E-state index contributed by atoms with van der Waals surface area (Å²) in [4.78, 5) is 4.17. The first-order valence-corrected chi connectivity index (χ1v) is 6.80. The number of fused-ring (bicyclic) bond motifs is 1. The lowest BCUT2D eigenvalue weighted by Crippen LogP contribution is -2.31. The Morgan fingerprint density at radius 2 is 2.11 bits per heavy atom. The first kappa shape index (κ1) is 14.0. The number of rotatable bonds is 5. The minimum atomic E-state index is -0.843. The van der Waals surface area contributed by atoms with Crippen LogP contribution in [0.5, 0.6) is 0 Å². The fourth-order valence-corrected chi connectivity index (χ4v) is 2.32. The van der Waals surface area contributed by atoms with Gasteiger partial charge in [0.25, 0.3) is 0 Å². The van der Waals surface area contributed by atoms with E-state index in [0.717, 1.165) is 22.9 Å². The van der Waals surface area contributed by atoms with E-state index in [2.05, 4.69) is 24.1 Å². The quantitative estimate of drug-likeness (QED) is 0.867. The summed E-state index contributed by atoms with van der Waals surface area (Å²) in [6.45, 7) is 6.88. The van der Waals surface area contributed by atoms with Crippen LogP contribution < -0.4 is 5.32 Å². The first-order chi connectivity index (χ1) is 9.00. The van der Waals surface area contributed by atoms with Crippen molar-refractivity contribution in [2.24, 2.45) is 0 Å². The van der Waals surface area contributed by atoms with E-state index >= 15 is 0 Å². The highest BCUT2D eigenvalue weighted by atomic mass is 16.3. The zero-order chi connectivity index (χ0) is 13.9. The molecule has 0 fully saturated rings. The van der Waals surface area contributed by atoms with Crippen molar-refractivity contribution in [2.45, 2.75) is 38.8 Å². The molecule has 0 saturated carbocycles. The molecule has 102 valence electrons. The Morgan fingerprint density at radius 3 is 2.84 bits per heavy atom. The molecule has 0 spiro atoms. The molecule has 1 heterocycles. The van der Waals surface area contributed by atoms with E-state index in [1.807, 2.05) is 37.4 Å². The number of benzene rings is 1. The van der Waals surface area contributed by atoms with Gasteiger partial charge in [0.05, 0.1) is 5.60 Å².